The van der Waals surface area contributed by atoms with E-state index in [1.165, 1.54) is 6.42 Å². The van der Waals surface area contributed by atoms with Gasteiger partial charge in [-0.15, -0.1) is 0 Å². The maximum Gasteiger partial charge on any atom is 0.254 e. The summed E-state index contributed by atoms with van der Waals surface area (Å²) in [5.74, 6) is 0.0557. The molecule has 0 spiro atoms. The first kappa shape index (κ1) is 12.5. The Morgan fingerprint density at radius 3 is 2.73 bits per heavy atom. The van der Waals surface area contributed by atoms with Crippen LogP contribution in [0.1, 0.15) is 33.1 Å². The van der Waals surface area contributed by atoms with Gasteiger partial charge in [-0.1, -0.05) is 0 Å². The molecule has 0 bridgehead atoms. The highest BCUT2D eigenvalue weighted by molar-refractivity contribution is 5.84. The first-order valence-electron chi connectivity index (χ1n) is 5.59. The number of amides is 1. The lowest BCUT2D eigenvalue weighted by Gasteiger charge is -2.39. The van der Waals surface area contributed by atoms with Crippen LogP contribution in [0.2, 0.25) is 0 Å². The minimum atomic E-state index is -0.731. The average Bonchev–Trinajstić information content (AvgIpc) is 2.28. The third-order valence-corrected chi connectivity index (χ3v) is 3.19. The van der Waals surface area contributed by atoms with Gasteiger partial charge in [-0.3, -0.25) is 4.79 Å². The zero-order valence-electron chi connectivity index (χ0n) is 9.95. The summed E-state index contributed by atoms with van der Waals surface area (Å²) in [6.45, 7) is 4.97. The van der Waals surface area contributed by atoms with Gasteiger partial charge in [0.1, 0.15) is 5.60 Å². The van der Waals surface area contributed by atoms with Gasteiger partial charge in [-0.05, 0) is 33.1 Å². The van der Waals surface area contributed by atoms with Gasteiger partial charge in [0.05, 0.1) is 0 Å². The molecule has 1 amide bonds. The normalized spacial score (nSPS) is 22.9. The number of carbonyl (C=O) groups excluding carboxylic acids is 1. The van der Waals surface area contributed by atoms with E-state index >= 15 is 0 Å². The Morgan fingerprint density at radius 1 is 1.53 bits per heavy atom. The zero-order chi connectivity index (χ0) is 11.5. The maximum atomic E-state index is 12.2. The van der Waals surface area contributed by atoms with Gasteiger partial charge in [-0.2, -0.15) is 0 Å². The fraction of sp³-hybridized carbons (Fsp3) is 0.909. The van der Waals surface area contributed by atoms with Crippen LogP contribution in [0.25, 0.3) is 0 Å². The molecule has 1 fully saturated rings. The predicted octanol–water partition coefficient (Wildman–Crippen LogP) is 0.751. The molecule has 1 atom stereocenters. The number of methoxy groups -OCH3 is 1. The summed E-state index contributed by atoms with van der Waals surface area (Å²) in [6, 6.07) is 0.195. The summed E-state index contributed by atoms with van der Waals surface area (Å²) in [5.41, 5.74) is 4.95. The third kappa shape index (κ3) is 2.69. The summed E-state index contributed by atoms with van der Waals surface area (Å²) in [7, 11) is 1.57. The molecule has 1 unspecified atom stereocenters. The van der Waals surface area contributed by atoms with E-state index in [9.17, 15) is 4.79 Å². The molecular formula is C11H22N2O2. The van der Waals surface area contributed by atoms with E-state index in [1.807, 2.05) is 4.90 Å². The summed E-state index contributed by atoms with van der Waals surface area (Å²) < 4.78 is 5.21. The Hall–Kier alpha value is -0.610. The van der Waals surface area contributed by atoms with E-state index in [0.717, 1.165) is 19.4 Å². The number of hydrogen-bond acceptors (Lipinski definition) is 3. The standard InChI is InChI=1S/C11H22N2O2/c1-11(2,15-3)10(14)13-7-5-4-6-9(13)8-12/h9H,4-8,12H2,1-3H3. The molecule has 4 heteroatoms. The number of rotatable bonds is 3. The van der Waals surface area contributed by atoms with Crippen LogP contribution in [0.15, 0.2) is 0 Å². The first-order chi connectivity index (χ1) is 7.03. The van der Waals surface area contributed by atoms with Crippen LogP contribution in [0.5, 0.6) is 0 Å². The molecule has 0 aromatic rings. The number of nitrogens with two attached hydrogens (primary N) is 1. The lowest BCUT2D eigenvalue weighted by molar-refractivity contribution is -0.154. The molecule has 0 radical (unpaired) electrons. The molecule has 2 N–H and O–H groups in total. The van der Waals surface area contributed by atoms with E-state index in [0.29, 0.717) is 6.54 Å². The van der Waals surface area contributed by atoms with Crippen LogP contribution in [0.4, 0.5) is 0 Å². The van der Waals surface area contributed by atoms with Gasteiger partial charge < -0.3 is 15.4 Å². The Kier molecular flexibility index (Phi) is 4.11. The molecular weight excluding hydrogens is 192 g/mol. The quantitative estimate of drug-likeness (QED) is 0.754. The minimum Gasteiger partial charge on any atom is -0.369 e. The molecule has 4 nitrogen and oxygen atoms in total. The van der Waals surface area contributed by atoms with Crippen LogP contribution in [-0.4, -0.2) is 42.6 Å². The lowest BCUT2D eigenvalue weighted by atomic mass is 9.98. The second kappa shape index (κ2) is 4.94. The lowest BCUT2D eigenvalue weighted by Crippen LogP contribution is -2.54. The van der Waals surface area contributed by atoms with Crippen molar-refractivity contribution in [2.75, 3.05) is 20.2 Å². The Morgan fingerprint density at radius 2 is 2.20 bits per heavy atom. The fourth-order valence-corrected chi connectivity index (χ4v) is 1.95. The van der Waals surface area contributed by atoms with Gasteiger partial charge >= 0.3 is 0 Å². The minimum absolute atomic E-state index is 0.0557. The highest BCUT2D eigenvalue weighted by Crippen LogP contribution is 2.21. The highest BCUT2D eigenvalue weighted by Gasteiger charge is 2.35. The number of carbonyl (C=O) groups is 1. The number of hydrogen-bond donors (Lipinski definition) is 1. The Labute approximate surface area is 91.8 Å². The van der Waals surface area contributed by atoms with Crippen molar-refractivity contribution in [2.45, 2.75) is 44.8 Å². The number of nitrogens with zero attached hydrogens (tertiary/aromatic N) is 1. The third-order valence-electron chi connectivity index (χ3n) is 3.19. The molecule has 0 saturated carbocycles. The van der Waals surface area contributed by atoms with E-state index in [4.69, 9.17) is 10.5 Å². The van der Waals surface area contributed by atoms with Crippen LogP contribution in [0.3, 0.4) is 0 Å². The van der Waals surface area contributed by atoms with Crippen molar-refractivity contribution in [2.24, 2.45) is 5.73 Å². The zero-order valence-corrected chi connectivity index (χ0v) is 9.95. The molecule has 15 heavy (non-hydrogen) atoms. The van der Waals surface area contributed by atoms with E-state index in [2.05, 4.69) is 0 Å². The summed E-state index contributed by atoms with van der Waals surface area (Å²) in [4.78, 5) is 14.0. The number of likely N-dealkylation sites (tertiary alicyclic amines) is 1. The SMILES string of the molecule is COC(C)(C)C(=O)N1CCCCC1CN. The monoisotopic (exact) mass is 214 g/mol. The predicted molar refractivity (Wildman–Crippen MR) is 59.5 cm³/mol. The van der Waals surface area contributed by atoms with Crippen molar-refractivity contribution in [3.05, 3.63) is 0 Å². The van der Waals surface area contributed by atoms with Crippen molar-refractivity contribution in [3.63, 3.8) is 0 Å². The van der Waals surface area contributed by atoms with Crippen molar-refractivity contribution < 1.29 is 9.53 Å². The van der Waals surface area contributed by atoms with Crippen LogP contribution in [-0.2, 0) is 9.53 Å². The smallest absolute Gasteiger partial charge is 0.254 e. The van der Waals surface area contributed by atoms with Gasteiger partial charge in [-0.25, -0.2) is 0 Å². The molecule has 1 saturated heterocycles. The summed E-state index contributed by atoms with van der Waals surface area (Å²) >= 11 is 0. The molecule has 0 aromatic heterocycles. The molecule has 1 aliphatic heterocycles. The Balaban J connectivity index is 2.72. The molecule has 1 aliphatic rings. The van der Waals surface area contributed by atoms with Crippen molar-refractivity contribution >= 4 is 5.91 Å². The van der Waals surface area contributed by atoms with E-state index < -0.39 is 5.60 Å². The number of piperidine rings is 1. The van der Waals surface area contributed by atoms with Gasteiger partial charge in [0.2, 0.25) is 0 Å². The average molecular weight is 214 g/mol. The second-order valence-corrected chi connectivity index (χ2v) is 4.60. The highest BCUT2D eigenvalue weighted by atomic mass is 16.5. The largest absolute Gasteiger partial charge is 0.369 e. The molecule has 88 valence electrons. The first-order valence-corrected chi connectivity index (χ1v) is 5.59. The second-order valence-electron chi connectivity index (χ2n) is 4.60. The van der Waals surface area contributed by atoms with Gasteiger partial charge in [0, 0.05) is 26.2 Å². The summed E-state index contributed by atoms with van der Waals surface area (Å²) in [6.07, 6.45) is 3.25. The van der Waals surface area contributed by atoms with E-state index in [1.54, 1.807) is 21.0 Å². The Bertz CT molecular complexity index is 229. The van der Waals surface area contributed by atoms with Crippen molar-refractivity contribution in [1.29, 1.82) is 0 Å². The van der Waals surface area contributed by atoms with E-state index in [-0.39, 0.29) is 11.9 Å². The fourth-order valence-electron chi connectivity index (χ4n) is 1.95. The van der Waals surface area contributed by atoms with Crippen LogP contribution in [0, 0.1) is 0 Å². The maximum absolute atomic E-state index is 12.2. The van der Waals surface area contributed by atoms with Crippen LogP contribution < -0.4 is 5.73 Å². The van der Waals surface area contributed by atoms with Gasteiger partial charge in [0.15, 0.2) is 0 Å². The van der Waals surface area contributed by atoms with Gasteiger partial charge in [0.25, 0.3) is 5.91 Å². The van der Waals surface area contributed by atoms with Crippen LogP contribution >= 0.6 is 0 Å². The molecule has 0 aliphatic carbocycles. The molecule has 0 aromatic carbocycles. The van der Waals surface area contributed by atoms with Crippen molar-refractivity contribution in [3.8, 4) is 0 Å². The topological polar surface area (TPSA) is 55.6 Å². The number of ether oxygens (including phenoxy) is 1. The molecule has 1 rings (SSSR count). The summed E-state index contributed by atoms with van der Waals surface area (Å²) in [5, 5.41) is 0. The van der Waals surface area contributed by atoms with Crippen molar-refractivity contribution in [1.82, 2.24) is 4.90 Å². The molecule has 1 heterocycles.